The van der Waals surface area contributed by atoms with Crippen LogP contribution in [-0.4, -0.2) is 53.3 Å². The molecule has 1 heterocycles. The fraction of sp³-hybridized carbons (Fsp3) is 0.483. The number of halogens is 1. The van der Waals surface area contributed by atoms with Crippen molar-refractivity contribution in [1.29, 1.82) is 0 Å². The van der Waals surface area contributed by atoms with Crippen molar-refractivity contribution in [1.82, 2.24) is 5.32 Å². The van der Waals surface area contributed by atoms with Gasteiger partial charge < -0.3 is 24.6 Å². The molecule has 0 saturated carbocycles. The molecule has 2 N–H and O–H groups in total. The SMILES string of the molecule is CC(C)NC(=O)[C@]1(CCC(=O)OC(C)(C)C)N=C(c2ccc(OCCCO)cc2)O[C@@H]1c1ccc(Br)cc1. The summed E-state index contributed by atoms with van der Waals surface area (Å²) in [6.07, 6.45) is -0.120. The summed E-state index contributed by atoms with van der Waals surface area (Å²) in [5, 5.41) is 12.0. The summed E-state index contributed by atoms with van der Waals surface area (Å²) >= 11 is 3.46. The Bertz CT molecular complexity index is 1130. The van der Waals surface area contributed by atoms with Gasteiger partial charge in [-0.25, -0.2) is 4.99 Å². The molecule has 0 aromatic heterocycles. The van der Waals surface area contributed by atoms with Crippen LogP contribution in [0.5, 0.6) is 5.75 Å². The first-order valence-corrected chi connectivity index (χ1v) is 13.6. The highest BCUT2D eigenvalue weighted by Gasteiger charge is 2.53. The van der Waals surface area contributed by atoms with Crippen LogP contribution in [0.3, 0.4) is 0 Å². The second-order valence-corrected chi connectivity index (χ2v) is 11.5. The topological polar surface area (TPSA) is 106 Å². The molecule has 1 aliphatic rings. The Morgan fingerprint density at radius 1 is 1.13 bits per heavy atom. The van der Waals surface area contributed by atoms with Gasteiger partial charge in [0.1, 0.15) is 11.4 Å². The lowest BCUT2D eigenvalue weighted by Crippen LogP contribution is -2.50. The van der Waals surface area contributed by atoms with Crippen LogP contribution in [-0.2, 0) is 19.1 Å². The van der Waals surface area contributed by atoms with Gasteiger partial charge in [0.05, 0.1) is 6.61 Å². The number of benzene rings is 2. The number of amides is 1. The molecule has 2 atom stereocenters. The molecule has 1 aliphatic heterocycles. The van der Waals surface area contributed by atoms with Crippen molar-refractivity contribution in [3.05, 3.63) is 64.1 Å². The van der Waals surface area contributed by atoms with Crippen LogP contribution in [0.4, 0.5) is 0 Å². The minimum absolute atomic E-state index is 0.00636. The summed E-state index contributed by atoms with van der Waals surface area (Å²) < 4.78 is 18.5. The van der Waals surface area contributed by atoms with Crippen LogP contribution in [0.25, 0.3) is 0 Å². The van der Waals surface area contributed by atoms with E-state index in [1.807, 2.05) is 71.0 Å². The van der Waals surface area contributed by atoms with Crippen molar-refractivity contribution < 1.29 is 28.9 Å². The smallest absolute Gasteiger partial charge is 0.306 e. The number of esters is 1. The Balaban J connectivity index is 2.01. The molecular weight excluding hydrogens is 552 g/mol. The van der Waals surface area contributed by atoms with Gasteiger partial charge in [0.2, 0.25) is 5.90 Å². The Hall–Kier alpha value is -2.91. The van der Waals surface area contributed by atoms with E-state index in [0.29, 0.717) is 30.2 Å². The lowest BCUT2D eigenvalue weighted by molar-refractivity contribution is -0.155. The van der Waals surface area contributed by atoms with E-state index in [-0.39, 0.29) is 31.4 Å². The molecule has 9 heteroatoms. The third-order valence-electron chi connectivity index (χ3n) is 5.75. The predicted octanol–water partition coefficient (Wildman–Crippen LogP) is 5.11. The summed E-state index contributed by atoms with van der Waals surface area (Å²) in [5.74, 6) is 0.238. The number of aliphatic imine (C=N–C) groups is 1. The molecule has 0 radical (unpaired) electrons. The molecule has 38 heavy (non-hydrogen) atoms. The van der Waals surface area contributed by atoms with Gasteiger partial charge in [-0.2, -0.15) is 0 Å². The normalized spacial score (nSPS) is 19.1. The lowest BCUT2D eigenvalue weighted by atomic mass is 9.83. The first kappa shape index (κ1) is 29.6. The van der Waals surface area contributed by atoms with E-state index in [9.17, 15) is 9.59 Å². The van der Waals surface area contributed by atoms with Crippen molar-refractivity contribution in [3.63, 3.8) is 0 Å². The zero-order chi connectivity index (χ0) is 27.9. The molecule has 1 amide bonds. The molecule has 2 aromatic carbocycles. The number of hydrogen-bond donors (Lipinski definition) is 2. The average Bonchev–Trinajstić information content (AvgIpc) is 3.23. The van der Waals surface area contributed by atoms with E-state index in [0.717, 1.165) is 10.0 Å². The Morgan fingerprint density at radius 2 is 1.79 bits per heavy atom. The van der Waals surface area contributed by atoms with Crippen LogP contribution in [0.15, 0.2) is 58.0 Å². The Labute approximate surface area is 232 Å². The first-order valence-electron chi connectivity index (χ1n) is 12.8. The molecule has 0 unspecified atom stereocenters. The molecule has 0 saturated heterocycles. The number of aliphatic hydroxyl groups excluding tert-OH is 1. The zero-order valence-corrected chi connectivity index (χ0v) is 24.2. The molecule has 3 rings (SSSR count). The number of carbonyl (C=O) groups excluding carboxylic acids is 2. The molecule has 0 fully saturated rings. The third kappa shape index (κ3) is 7.80. The number of carbonyl (C=O) groups is 2. The highest BCUT2D eigenvalue weighted by molar-refractivity contribution is 9.10. The maximum absolute atomic E-state index is 13.8. The number of nitrogens with one attached hydrogen (secondary N) is 1. The van der Waals surface area contributed by atoms with Gasteiger partial charge >= 0.3 is 5.97 Å². The highest BCUT2D eigenvalue weighted by Crippen LogP contribution is 2.43. The van der Waals surface area contributed by atoms with Gasteiger partial charge in [-0.05, 0) is 83.0 Å². The maximum atomic E-state index is 13.8. The minimum atomic E-state index is -1.39. The first-order chi connectivity index (χ1) is 17.9. The van der Waals surface area contributed by atoms with E-state index in [1.165, 1.54) is 0 Å². The summed E-state index contributed by atoms with van der Waals surface area (Å²) in [5.41, 5.74) is -0.588. The number of aliphatic hydroxyl groups is 1. The summed E-state index contributed by atoms with van der Waals surface area (Å²) in [7, 11) is 0. The van der Waals surface area contributed by atoms with Crippen molar-refractivity contribution >= 4 is 33.7 Å². The van der Waals surface area contributed by atoms with Gasteiger partial charge in [0, 0.05) is 35.5 Å². The van der Waals surface area contributed by atoms with Crippen LogP contribution < -0.4 is 10.1 Å². The standard InChI is InChI=1S/C29H37BrN2O6/c1-19(2)31-27(35)29(16-15-24(34)38-28(3,4)5)25(20-7-11-22(30)12-8-20)37-26(32-29)21-9-13-23(14-10-21)36-18-6-17-33/h7-14,19,25,33H,6,15-18H2,1-5H3,(H,31,35)/t25-,29-/m1/s1. The third-order valence-corrected chi connectivity index (χ3v) is 6.28. The van der Waals surface area contributed by atoms with E-state index >= 15 is 0 Å². The number of ether oxygens (including phenoxy) is 3. The fourth-order valence-corrected chi connectivity index (χ4v) is 4.34. The summed E-state index contributed by atoms with van der Waals surface area (Å²) in [6.45, 7) is 9.65. The van der Waals surface area contributed by atoms with Gasteiger partial charge in [-0.15, -0.1) is 0 Å². The van der Waals surface area contributed by atoms with Crippen LogP contribution in [0.2, 0.25) is 0 Å². The van der Waals surface area contributed by atoms with Gasteiger partial charge in [0.15, 0.2) is 11.6 Å². The molecule has 0 spiro atoms. The lowest BCUT2D eigenvalue weighted by Gasteiger charge is -2.31. The quantitative estimate of drug-likeness (QED) is 0.279. The summed E-state index contributed by atoms with van der Waals surface area (Å²) in [4.78, 5) is 31.4. The van der Waals surface area contributed by atoms with Crippen molar-refractivity contribution in [2.45, 2.75) is 77.2 Å². The number of hydrogen-bond acceptors (Lipinski definition) is 7. The largest absolute Gasteiger partial charge is 0.494 e. The molecule has 0 bridgehead atoms. The molecular formula is C29H37BrN2O6. The monoisotopic (exact) mass is 588 g/mol. The Kier molecular flexibility index (Phi) is 9.95. The number of nitrogens with zero attached hydrogens (tertiary/aromatic N) is 1. The minimum Gasteiger partial charge on any atom is -0.494 e. The zero-order valence-electron chi connectivity index (χ0n) is 22.6. The average molecular weight is 590 g/mol. The van der Waals surface area contributed by atoms with Gasteiger partial charge in [0.25, 0.3) is 5.91 Å². The highest BCUT2D eigenvalue weighted by atomic mass is 79.9. The van der Waals surface area contributed by atoms with Crippen LogP contribution in [0, 0.1) is 0 Å². The fourth-order valence-electron chi connectivity index (χ4n) is 4.08. The Morgan fingerprint density at radius 3 is 2.37 bits per heavy atom. The molecule has 8 nitrogen and oxygen atoms in total. The van der Waals surface area contributed by atoms with Crippen LogP contribution >= 0.6 is 15.9 Å². The summed E-state index contributed by atoms with van der Waals surface area (Å²) in [6, 6.07) is 14.6. The molecule has 206 valence electrons. The second kappa shape index (κ2) is 12.8. The predicted molar refractivity (Wildman–Crippen MR) is 149 cm³/mol. The second-order valence-electron chi connectivity index (χ2n) is 10.6. The molecule has 2 aromatic rings. The van der Waals surface area contributed by atoms with E-state index in [1.54, 1.807) is 12.1 Å². The van der Waals surface area contributed by atoms with E-state index < -0.39 is 23.2 Å². The maximum Gasteiger partial charge on any atom is 0.306 e. The van der Waals surface area contributed by atoms with Crippen molar-refractivity contribution in [2.24, 2.45) is 4.99 Å². The van der Waals surface area contributed by atoms with Crippen molar-refractivity contribution in [2.75, 3.05) is 13.2 Å². The van der Waals surface area contributed by atoms with E-state index in [2.05, 4.69) is 21.2 Å². The molecule has 0 aliphatic carbocycles. The van der Waals surface area contributed by atoms with Crippen LogP contribution in [0.1, 0.15) is 71.1 Å². The van der Waals surface area contributed by atoms with Gasteiger partial charge in [-0.3, -0.25) is 9.59 Å². The number of rotatable bonds is 11. The van der Waals surface area contributed by atoms with E-state index in [4.69, 9.17) is 24.3 Å². The van der Waals surface area contributed by atoms with Crippen molar-refractivity contribution in [3.8, 4) is 5.75 Å². The van der Waals surface area contributed by atoms with Gasteiger partial charge in [-0.1, -0.05) is 28.1 Å².